The van der Waals surface area contributed by atoms with Crippen LogP contribution in [0.25, 0.3) is 10.8 Å². The topological polar surface area (TPSA) is 98.2 Å². The van der Waals surface area contributed by atoms with E-state index in [9.17, 15) is 14.7 Å². The highest BCUT2D eigenvalue weighted by molar-refractivity contribution is 5.91. The lowest BCUT2D eigenvalue weighted by atomic mass is 10.1. The molecule has 1 saturated heterocycles. The van der Waals surface area contributed by atoms with Crippen LogP contribution < -0.4 is 9.47 Å². The number of fused-ring (bicyclic) bond motifs is 1. The van der Waals surface area contributed by atoms with Crippen LogP contribution in [0, 0.1) is 0 Å². The molecule has 0 aliphatic carbocycles. The first-order chi connectivity index (χ1) is 13.2. The summed E-state index contributed by atoms with van der Waals surface area (Å²) < 4.78 is 16.7. The fourth-order valence-electron chi connectivity index (χ4n) is 3.19. The molecule has 28 heavy (non-hydrogen) atoms. The number of carbonyl (C=O) groups is 2. The first-order valence-corrected chi connectivity index (χ1v) is 9.00. The minimum atomic E-state index is -1.09. The summed E-state index contributed by atoms with van der Waals surface area (Å²) in [4.78, 5) is 29.6. The summed E-state index contributed by atoms with van der Waals surface area (Å²) in [6, 6.07) is 6.48. The van der Waals surface area contributed by atoms with E-state index in [2.05, 4.69) is 4.98 Å². The summed E-state index contributed by atoms with van der Waals surface area (Å²) in [7, 11) is 1.57. The highest BCUT2D eigenvalue weighted by atomic mass is 16.6. The van der Waals surface area contributed by atoms with Gasteiger partial charge in [0.2, 0.25) is 5.88 Å². The maximum Gasteiger partial charge on any atom is 0.411 e. The maximum atomic E-state index is 12.4. The van der Waals surface area contributed by atoms with Crippen molar-refractivity contribution in [1.29, 1.82) is 0 Å². The molecule has 1 N–H and O–H groups in total. The zero-order valence-corrected chi connectivity index (χ0v) is 16.3. The van der Waals surface area contributed by atoms with Gasteiger partial charge in [-0.3, -0.25) is 4.90 Å². The molecule has 2 atom stereocenters. The van der Waals surface area contributed by atoms with Gasteiger partial charge in [-0.15, -0.1) is 0 Å². The number of carbonyl (C=O) groups excluding carboxylic acids is 1. The van der Waals surface area contributed by atoms with E-state index < -0.39 is 29.8 Å². The third-order valence-corrected chi connectivity index (χ3v) is 4.40. The van der Waals surface area contributed by atoms with Gasteiger partial charge in [0.15, 0.2) is 0 Å². The lowest BCUT2D eigenvalue weighted by Crippen LogP contribution is -2.43. The van der Waals surface area contributed by atoms with Gasteiger partial charge in [0.1, 0.15) is 23.5 Å². The predicted octanol–water partition coefficient (Wildman–Crippen LogP) is 3.08. The van der Waals surface area contributed by atoms with Gasteiger partial charge in [0, 0.05) is 17.2 Å². The second kappa shape index (κ2) is 7.53. The Balaban J connectivity index is 1.83. The SMILES string of the molecule is COc1cnc(OC2CC(C(=O)O)N(C(=O)OC(C)(C)C)C2)c2ccccc12. The number of aliphatic carboxylic acids is 1. The lowest BCUT2D eigenvalue weighted by molar-refractivity contribution is -0.142. The molecule has 150 valence electrons. The van der Waals surface area contributed by atoms with E-state index in [0.717, 1.165) is 10.8 Å². The largest absolute Gasteiger partial charge is 0.494 e. The molecular weight excluding hydrogens is 364 g/mol. The van der Waals surface area contributed by atoms with Gasteiger partial charge in [0.05, 0.1) is 19.9 Å². The van der Waals surface area contributed by atoms with Gasteiger partial charge in [-0.05, 0) is 26.8 Å². The third kappa shape index (κ3) is 4.11. The summed E-state index contributed by atoms with van der Waals surface area (Å²) in [6.45, 7) is 5.31. The molecule has 0 saturated carbocycles. The van der Waals surface area contributed by atoms with E-state index in [1.54, 1.807) is 34.1 Å². The summed E-state index contributed by atoms with van der Waals surface area (Å²) >= 11 is 0. The molecule has 2 heterocycles. The van der Waals surface area contributed by atoms with E-state index in [4.69, 9.17) is 14.2 Å². The van der Waals surface area contributed by atoms with Crippen LogP contribution in [0.4, 0.5) is 4.79 Å². The number of carboxylic acid groups (broad SMARTS) is 1. The van der Waals surface area contributed by atoms with Crippen molar-refractivity contribution < 1.29 is 28.9 Å². The van der Waals surface area contributed by atoms with E-state index in [-0.39, 0.29) is 13.0 Å². The predicted molar refractivity (Wildman–Crippen MR) is 102 cm³/mol. The molecule has 1 aliphatic heterocycles. The highest BCUT2D eigenvalue weighted by Crippen LogP contribution is 2.33. The van der Waals surface area contributed by atoms with Crippen LogP contribution in [-0.2, 0) is 9.53 Å². The van der Waals surface area contributed by atoms with Crippen LogP contribution in [0.5, 0.6) is 11.6 Å². The van der Waals surface area contributed by atoms with Crippen molar-refractivity contribution >= 4 is 22.8 Å². The average Bonchev–Trinajstić information content (AvgIpc) is 3.05. The lowest BCUT2D eigenvalue weighted by Gasteiger charge is -2.26. The fraction of sp³-hybridized carbons (Fsp3) is 0.450. The van der Waals surface area contributed by atoms with Gasteiger partial charge < -0.3 is 19.3 Å². The molecule has 2 aromatic rings. The molecule has 1 fully saturated rings. The van der Waals surface area contributed by atoms with Gasteiger partial charge in [-0.25, -0.2) is 14.6 Å². The molecule has 0 bridgehead atoms. The van der Waals surface area contributed by atoms with E-state index >= 15 is 0 Å². The van der Waals surface area contributed by atoms with Gasteiger partial charge in [0.25, 0.3) is 0 Å². The zero-order valence-electron chi connectivity index (χ0n) is 16.3. The molecule has 8 nitrogen and oxygen atoms in total. The number of aromatic nitrogens is 1. The number of amides is 1. The molecular formula is C20H24N2O6. The summed E-state index contributed by atoms with van der Waals surface area (Å²) in [5, 5.41) is 11.1. The van der Waals surface area contributed by atoms with E-state index in [1.165, 1.54) is 4.90 Å². The van der Waals surface area contributed by atoms with Crippen LogP contribution in [0.1, 0.15) is 27.2 Å². The first kappa shape index (κ1) is 19.7. The van der Waals surface area contributed by atoms with Crippen molar-refractivity contribution in [3.8, 4) is 11.6 Å². The Morgan fingerprint density at radius 3 is 2.50 bits per heavy atom. The van der Waals surface area contributed by atoms with Crippen LogP contribution in [0.3, 0.4) is 0 Å². The number of pyridine rings is 1. The maximum absolute atomic E-state index is 12.4. The molecule has 2 unspecified atom stereocenters. The number of rotatable bonds is 4. The number of methoxy groups -OCH3 is 1. The van der Waals surface area contributed by atoms with Crippen LogP contribution >= 0.6 is 0 Å². The number of ether oxygens (including phenoxy) is 3. The Hall–Kier alpha value is -3.03. The van der Waals surface area contributed by atoms with Gasteiger partial charge >= 0.3 is 12.1 Å². The van der Waals surface area contributed by atoms with Crippen molar-refractivity contribution in [2.75, 3.05) is 13.7 Å². The number of likely N-dealkylation sites (tertiary alicyclic amines) is 1. The van der Waals surface area contributed by atoms with Crippen LogP contribution in [0.2, 0.25) is 0 Å². The third-order valence-electron chi connectivity index (χ3n) is 4.40. The average molecular weight is 388 g/mol. The molecule has 1 aromatic heterocycles. The van der Waals surface area contributed by atoms with Crippen molar-refractivity contribution in [2.45, 2.75) is 44.9 Å². The number of hydrogen-bond donors (Lipinski definition) is 1. The van der Waals surface area contributed by atoms with Crippen LogP contribution in [-0.4, -0.2) is 58.5 Å². The van der Waals surface area contributed by atoms with Crippen LogP contribution in [0.15, 0.2) is 30.5 Å². The normalized spacial score (nSPS) is 19.5. The molecule has 1 aliphatic rings. The summed E-state index contributed by atoms with van der Waals surface area (Å²) in [5.41, 5.74) is -0.715. The molecule has 3 rings (SSSR count). The smallest absolute Gasteiger partial charge is 0.411 e. The number of hydrogen-bond acceptors (Lipinski definition) is 6. The number of carboxylic acids is 1. The standard InChI is InChI=1S/C20H24N2O6/c1-20(2,3)28-19(25)22-11-12(9-15(22)18(23)24)27-17-14-8-6-5-7-13(14)16(26-4)10-21-17/h5-8,10,12,15H,9,11H2,1-4H3,(H,23,24). The number of nitrogens with zero attached hydrogens (tertiary/aromatic N) is 2. The fourth-order valence-corrected chi connectivity index (χ4v) is 3.19. The minimum Gasteiger partial charge on any atom is -0.494 e. The Labute approximate surface area is 163 Å². The number of benzene rings is 1. The van der Waals surface area contributed by atoms with Crippen molar-refractivity contribution in [3.63, 3.8) is 0 Å². The monoisotopic (exact) mass is 388 g/mol. The van der Waals surface area contributed by atoms with Gasteiger partial charge in [-0.1, -0.05) is 18.2 Å². The Bertz CT molecular complexity index is 892. The van der Waals surface area contributed by atoms with E-state index in [1.807, 2.05) is 24.3 Å². The molecule has 1 amide bonds. The summed E-state index contributed by atoms with van der Waals surface area (Å²) in [6.07, 6.45) is 0.528. The van der Waals surface area contributed by atoms with Gasteiger partial charge in [-0.2, -0.15) is 0 Å². The Morgan fingerprint density at radius 1 is 1.21 bits per heavy atom. The Kier molecular flexibility index (Phi) is 5.31. The molecule has 8 heteroatoms. The second-order valence-corrected chi connectivity index (χ2v) is 7.64. The Morgan fingerprint density at radius 2 is 1.89 bits per heavy atom. The van der Waals surface area contributed by atoms with E-state index in [0.29, 0.717) is 11.6 Å². The van der Waals surface area contributed by atoms with Crippen molar-refractivity contribution in [1.82, 2.24) is 9.88 Å². The first-order valence-electron chi connectivity index (χ1n) is 9.00. The quantitative estimate of drug-likeness (QED) is 0.859. The minimum absolute atomic E-state index is 0.105. The summed E-state index contributed by atoms with van der Waals surface area (Å²) in [5.74, 6) is -0.103. The van der Waals surface area contributed by atoms with Crippen molar-refractivity contribution in [2.24, 2.45) is 0 Å². The second-order valence-electron chi connectivity index (χ2n) is 7.64. The van der Waals surface area contributed by atoms with Crippen molar-refractivity contribution in [3.05, 3.63) is 30.5 Å². The molecule has 1 aromatic carbocycles. The highest BCUT2D eigenvalue weighted by Gasteiger charge is 2.43. The zero-order chi connectivity index (χ0) is 20.5. The molecule has 0 spiro atoms. The molecule has 0 radical (unpaired) electrons.